The van der Waals surface area contributed by atoms with E-state index in [4.69, 9.17) is 22.3 Å². The molecular weight excluding hydrogens is 390 g/mol. The van der Waals surface area contributed by atoms with Crippen LogP contribution in [0.15, 0.2) is 29.2 Å². The molecule has 150 valence electrons. The van der Waals surface area contributed by atoms with Crippen molar-refractivity contribution in [2.45, 2.75) is 39.2 Å². The number of nitrogens with zero attached hydrogens (tertiary/aromatic N) is 3. The van der Waals surface area contributed by atoms with Crippen LogP contribution in [-0.4, -0.2) is 32.9 Å². The first kappa shape index (κ1) is 19.4. The van der Waals surface area contributed by atoms with Gasteiger partial charge >= 0.3 is 0 Å². The van der Waals surface area contributed by atoms with Crippen LogP contribution in [0.1, 0.15) is 42.9 Å². The Bertz CT molecular complexity index is 1200. The number of carbonyl (C=O) groups is 1. The van der Waals surface area contributed by atoms with Crippen molar-refractivity contribution in [3.63, 3.8) is 0 Å². The summed E-state index contributed by atoms with van der Waals surface area (Å²) in [5.74, 6) is 0.0195. The summed E-state index contributed by atoms with van der Waals surface area (Å²) < 4.78 is 0. The van der Waals surface area contributed by atoms with Gasteiger partial charge in [0.25, 0.3) is 5.91 Å². The third-order valence-electron chi connectivity index (χ3n) is 5.57. The van der Waals surface area contributed by atoms with Crippen molar-refractivity contribution < 1.29 is 4.79 Å². The second-order valence-electron chi connectivity index (χ2n) is 7.99. The fourth-order valence-corrected chi connectivity index (χ4v) is 4.32. The number of pyridine rings is 3. The molecule has 1 fully saturated rings. The van der Waals surface area contributed by atoms with Gasteiger partial charge in [-0.1, -0.05) is 11.6 Å². The van der Waals surface area contributed by atoms with Crippen LogP contribution in [0.2, 0.25) is 5.02 Å². The van der Waals surface area contributed by atoms with Gasteiger partial charge in [-0.3, -0.25) is 14.6 Å². The lowest BCUT2D eigenvalue weighted by molar-refractivity contribution is 0.0997. The van der Waals surface area contributed by atoms with Crippen molar-refractivity contribution in [2.75, 3.05) is 11.4 Å². The van der Waals surface area contributed by atoms with Crippen molar-refractivity contribution in [2.24, 2.45) is 5.73 Å². The maximum absolute atomic E-state index is 12.7. The van der Waals surface area contributed by atoms with Gasteiger partial charge in [0.15, 0.2) is 5.43 Å². The number of carbonyl (C=O) groups excluding carboxylic acids is 1. The summed E-state index contributed by atoms with van der Waals surface area (Å²) in [4.78, 5) is 38.5. The number of nitrogens with two attached hydrogens (primary N) is 1. The molecule has 0 atom stereocenters. The van der Waals surface area contributed by atoms with E-state index >= 15 is 0 Å². The number of hydrogen-bond acceptors (Lipinski definition) is 5. The molecule has 0 aliphatic carbocycles. The van der Waals surface area contributed by atoms with Crippen molar-refractivity contribution >= 4 is 34.2 Å². The first-order chi connectivity index (χ1) is 13.7. The summed E-state index contributed by atoms with van der Waals surface area (Å²) >= 11 is 6.62. The standard InChI is InChI=1S/C21H22ClN5O2/c1-11-12(9-13(22)20(25-11)27-8-4-6-21(27,2)3)15-10-16(28)17-14(26-15)5-7-24-18(17)19(23)29/h5,7,9-10H,4,6,8H2,1-3H3,(H2,23,29)(H,26,28). The SMILES string of the molecule is Cc1nc(N2CCCC2(C)C)c(Cl)cc1-c1cc(=O)c2c(C(N)=O)nccc2[nH]1. The molecule has 7 nitrogen and oxygen atoms in total. The molecule has 1 amide bonds. The van der Waals surface area contributed by atoms with E-state index in [-0.39, 0.29) is 22.0 Å². The van der Waals surface area contributed by atoms with E-state index in [0.717, 1.165) is 36.5 Å². The lowest BCUT2D eigenvalue weighted by Crippen LogP contribution is -2.39. The van der Waals surface area contributed by atoms with Crippen LogP contribution in [0, 0.1) is 6.92 Å². The molecule has 1 saturated heterocycles. The minimum atomic E-state index is -0.743. The Balaban J connectivity index is 1.86. The summed E-state index contributed by atoms with van der Waals surface area (Å²) in [5, 5.41) is 0.713. The van der Waals surface area contributed by atoms with E-state index in [1.807, 2.05) is 13.0 Å². The normalized spacial score (nSPS) is 15.8. The Hall–Kier alpha value is -2.93. The average molecular weight is 412 g/mol. The van der Waals surface area contributed by atoms with Crippen LogP contribution in [0.3, 0.4) is 0 Å². The van der Waals surface area contributed by atoms with Gasteiger partial charge in [0, 0.05) is 35.6 Å². The molecule has 0 spiro atoms. The quantitative estimate of drug-likeness (QED) is 0.686. The van der Waals surface area contributed by atoms with Gasteiger partial charge in [-0.25, -0.2) is 4.98 Å². The number of H-pyrrole nitrogens is 1. The Labute approximate surface area is 172 Å². The number of hydrogen-bond donors (Lipinski definition) is 2. The zero-order chi connectivity index (χ0) is 20.9. The van der Waals surface area contributed by atoms with Gasteiger partial charge in [0.05, 0.1) is 21.6 Å². The van der Waals surface area contributed by atoms with Crippen molar-refractivity contribution in [3.8, 4) is 11.3 Å². The largest absolute Gasteiger partial charge is 0.364 e. The van der Waals surface area contributed by atoms with Crippen molar-refractivity contribution in [1.82, 2.24) is 15.0 Å². The predicted molar refractivity (Wildman–Crippen MR) is 115 cm³/mol. The molecule has 0 unspecified atom stereocenters. The van der Waals surface area contributed by atoms with E-state index in [1.54, 1.807) is 6.07 Å². The molecule has 1 aliphatic rings. The fraction of sp³-hybridized carbons (Fsp3) is 0.333. The monoisotopic (exact) mass is 411 g/mol. The topological polar surface area (TPSA) is 105 Å². The highest BCUT2D eigenvalue weighted by molar-refractivity contribution is 6.33. The van der Waals surface area contributed by atoms with Gasteiger partial charge in [-0.15, -0.1) is 0 Å². The second kappa shape index (κ2) is 6.84. The van der Waals surface area contributed by atoms with Gasteiger partial charge < -0.3 is 15.6 Å². The maximum atomic E-state index is 12.7. The van der Waals surface area contributed by atoms with Gasteiger partial charge in [-0.05, 0) is 45.7 Å². The highest BCUT2D eigenvalue weighted by Gasteiger charge is 2.34. The molecule has 29 heavy (non-hydrogen) atoms. The number of primary amides is 1. The number of aromatic amines is 1. The molecule has 3 aromatic heterocycles. The molecule has 0 saturated carbocycles. The first-order valence-corrected chi connectivity index (χ1v) is 9.84. The number of amides is 1. The van der Waals surface area contributed by atoms with E-state index < -0.39 is 5.91 Å². The van der Waals surface area contributed by atoms with Gasteiger partial charge in [-0.2, -0.15) is 0 Å². The van der Waals surface area contributed by atoms with E-state index in [1.165, 1.54) is 12.3 Å². The summed E-state index contributed by atoms with van der Waals surface area (Å²) in [6.07, 6.45) is 3.62. The fourth-order valence-electron chi connectivity index (χ4n) is 4.06. The summed E-state index contributed by atoms with van der Waals surface area (Å²) in [5.41, 5.74) is 7.51. The van der Waals surface area contributed by atoms with E-state index in [9.17, 15) is 9.59 Å². The smallest absolute Gasteiger partial charge is 0.268 e. The zero-order valence-electron chi connectivity index (χ0n) is 16.5. The molecule has 0 bridgehead atoms. The summed E-state index contributed by atoms with van der Waals surface area (Å²) in [7, 11) is 0. The molecule has 0 aromatic carbocycles. The van der Waals surface area contributed by atoms with Crippen molar-refractivity contribution in [1.29, 1.82) is 0 Å². The lowest BCUT2D eigenvalue weighted by Gasteiger charge is -2.33. The Morgan fingerprint density at radius 1 is 1.34 bits per heavy atom. The summed E-state index contributed by atoms with van der Waals surface area (Å²) in [6, 6.07) is 4.90. The van der Waals surface area contributed by atoms with Crippen LogP contribution in [0.25, 0.3) is 22.2 Å². The van der Waals surface area contributed by atoms with Gasteiger partial charge in [0.2, 0.25) is 0 Å². The Morgan fingerprint density at radius 3 is 2.76 bits per heavy atom. The lowest BCUT2D eigenvalue weighted by atomic mass is 10.0. The molecular formula is C21H22ClN5O2. The number of aromatic nitrogens is 3. The highest BCUT2D eigenvalue weighted by atomic mass is 35.5. The number of anilines is 1. The molecule has 4 rings (SSSR count). The number of rotatable bonds is 3. The first-order valence-electron chi connectivity index (χ1n) is 9.46. The summed E-state index contributed by atoms with van der Waals surface area (Å²) in [6.45, 7) is 7.18. The van der Waals surface area contributed by atoms with Crippen LogP contribution in [-0.2, 0) is 0 Å². The third-order valence-corrected chi connectivity index (χ3v) is 5.85. The molecule has 4 heterocycles. The highest BCUT2D eigenvalue weighted by Crippen LogP contribution is 2.38. The number of halogens is 1. The van der Waals surface area contributed by atoms with E-state index in [2.05, 4.69) is 28.7 Å². The van der Waals surface area contributed by atoms with Crippen LogP contribution in [0.5, 0.6) is 0 Å². The van der Waals surface area contributed by atoms with Crippen LogP contribution < -0.4 is 16.1 Å². The second-order valence-corrected chi connectivity index (χ2v) is 8.40. The molecule has 1 aliphatic heterocycles. The molecule has 8 heteroatoms. The van der Waals surface area contributed by atoms with E-state index in [0.29, 0.717) is 16.2 Å². The van der Waals surface area contributed by atoms with Crippen molar-refractivity contribution in [3.05, 3.63) is 51.0 Å². The van der Waals surface area contributed by atoms with Gasteiger partial charge in [0.1, 0.15) is 11.5 Å². The molecule has 3 aromatic rings. The number of aryl methyl sites for hydroxylation is 1. The molecule has 0 radical (unpaired) electrons. The van der Waals surface area contributed by atoms with Crippen LogP contribution >= 0.6 is 11.6 Å². The van der Waals surface area contributed by atoms with Crippen LogP contribution in [0.4, 0.5) is 5.82 Å². The minimum absolute atomic E-state index is 0.0000208. The maximum Gasteiger partial charge on any atom is 0.268 e. The Morgan fingerprint density at radius 2 is 2.10 bits per heavy atom. The zero-order valence-corrected chi connectivity index (χ0v) is 17.3. The average Bonchev–Trinajstić information content (AvgIpc) is 3.01. The Kier molecular flexibility index (Phi) is 4.58. The minimum Gasteiger partial charge on any atom is -0.364 e. The number of nitrogens with one attached hydrogen (secondary N) is 1. The predicted octanol–water partition coefficient (Wildman–Crippen LogP) is 3.42. The molecule has 3 N–H and O–H groups in total. The number of fused-ring (bicyclic) bond motifs is 1. The third kappa shape index (κ3) is 3.25.